The van der Waals surface area contributed by atoms with Gasteiger partial charge in [0.15, 0.2) is 0 Å². The maximum atomic E-state index is 2.69. The zero-order valence-electron chi connectivity index (χ0n) is 10.1. The SMILES string of the molecule is C[C@@H]1CCCN1C[C@@H]1C[C@H]1c1ccccc1. The number of nitrogens with zero attached hydrogens (tertiary/aromatic N) is 1. The van der Waals surface area contributed by atoms with Gasteiger partial charge in [-0.05, 0) is 50.1 Å². The Balaban J connectivity index is 1.56. The quantitative estimate of drug-likeness (QED) is 0.748. The van der Waals surface area contributed by atoms with E-state index >= 15 is 0 Å². The number of hydrogen-bond donors (Lipinski definition) is 0. The van der Waals surface area contributed by atoms with E-state index in [1.807, 2.05) is 0 Å². The van der Waals surface area contributed by atoms with Crippen LogP contribution in [-0.4, -0.2) is 24.0 Å². The normalized spacial score (nSPS) is 34.2. The van der Waals surface area contributed by atoms with Gasteiger partial charge in [-0.15, -0.1) is 0 Å². The molecule has 1 saturated heterocycles. The van der Waals surface area contributed by atoms with Crippen molar-refractivity contribution in [3.8, 4) is 0 Å². The van der Waals surface area contributed by atoms with Crippen molar-refractivity contribution in [3.05, 3.63) is 35.9 Å². The molecule has 1 heteroatoms. The first kappa shape index (κ1) is 10.3. The molecule has 1 heterocycles. The van der Waals surface area contributed by atoms with E-state index in [9.17, 15) is 0 Å². The lowest BCUT2D eigenvalue weighted by molar-refractivity contribution is 0.256. The third kappa shape index (κ3) is 2.01. The van der Waals surface area contributed by atoms with E-state index in [1.54, 1.807) is 5.56 Å². The summed E-state index contributed by atoms with van der Waals surface area (Å²) in [4.78, 5) is 2.69. The van der Waals surface area contributed by atoms with Gasteiger partial charge in [-0.3, -0.25) is 0 Å². The lowest BCUT2D eigenvalue weighted by Crippen LogP contribution is -2.29. The molecule has 0 aromatic heterocycles. The molecule has 1 aromatic carbocycles. The van der Waals surface area contributed by atoms with E-state index in [0.29, 0.717) is 0 Å². The summed E-state index contributed by atoms with van der Waals surface area (Å²) in [6.07, 6.45) is 4.22. The third-order valence-corrected chi connectivity index (χ3v) is 4.31. The Labute approximate surface area is 98.5 Å². The van der Waals surface area contributed by atoms with Crippen LogP contribution in [0.3, 0.4) is 0 Å². The predicted octanol–water partition coefficient (Wildman–Crippen LogP) is 3.27. The molecular weight excluding hydrogens is 194 g/mol. The van der Waals surface area contributed by atoms with Gasteiger partial charge in [0.25, 0.3) is 0 Å². The maximum absolute atomic E-state index is 2.69. The third-order valence-electron chi connectivity index (χ3n) is 4.31. The smallest absolute Gasteiger partial charge is 0.00675 e. The van der Waals surface area contributed by atoms with Crippen LogP contribution in [0, 0.1) is 5.92 Å². The topological polar surface area (TPSA) is 3.24 Å². The van der Waals surface area contributed by atoms with Gasteiger partial charge >= 0.3 is 0 Å². The van der Waals surface area contributed by atoms with Gasteiger partial charge in [0.05, 0.1) is 0 Å². The Kier molecular flexibility index (Phi) is 2.72. The van der Waals surface area contributed by atoms with Crippen LogP contribution >= 0.6 is 0 Å². The zero-order chi connectivity index (χ0) is 11.0. The van der Waals surface area contributed by atoms with Crippen LogP contribution in [0.4, 0.5) is 0 Å². The van der Waals surface area contributed by atoms with Gasteiger partial charge in [-0.25, -0.2) is 0 Å². The van der Waals surface area contributed by atoms with Crippen LogP contribution in [0.15, 0.2) is 30.3 Å². The highest BCUT2D eigenvalue weighted by Crippen LogP contribution is 2.48. The number of benzene rings is 1. The molecule has 0 radical (unpaired) electrons. The molecular formula is C15H21N. The summed E-state index contributed by atoms with van der Waals surface area (Å²) in [7, 11) is 0. The van der Waals surface area contributed by atoms with Crippen LogP contribution in [0.25, 0.3) is 0 Å². The van der Waals surface area contributed by atoms with Crippen LogP contribution in [-0.2, 0) is 0 Å². The van der Waals surface area contributed by atoms with Gasteiger partial charge < -0.3 is 4.90 Å². The molecule has 1 aliphatic heterocycles. The highest BCUT2D eigenvalue weighted by Gasteiger charge is 2.40. The monoisotopic (exact) mass is 215 g/mol. The molecule has 0 bridgehead atoms. The highest BCUT2D eigenvalue weighted by molar-refractivity contribution is 5.25. The van der Waals surface area contributed by atoms with Crippen molar-refractivity contribution >= 4 is 0 Å². The van der Waals surface area contributed by atoms with E-state index in [4.69, 9.17) is 0 Å². The van der Waals surface area contributed by atoms with Crippen LogP contribution in [0.5, 0.6) is 0 Å². The van der Waals surface area contributed by atoms with Gasteiger partial charge in [-0.2, -0.15) is 0 Å². The van der Waals surface area contributed by atoms with E-state index in [1.165, 1.54) is 32.4 Å². The molecule has 0 amide bonds. The van der Waals surface area contributed by atoms with E-state index < -0.39 is 0 Å². The van der Waals surface area contributed by atoms with Crippen LogP contribution < -0.4 is 0 Å². The lowest BCUT2D eigenvalue weighted by atomic mass is 10.1. The van der Waals surface area contributed by atoms with Gasteiger partial charge in [-0.1, -0.05) is 30.3 Å². The fraction of sp³-hybridized carbons (Fsp3) is 0.600. The fourth-order valence-corrected chi connectivity index (χ4v) is 3.12. The zero-order valence-corrected chi connectivity index (χ0v) is 10.1. The molecule has 0 N–H and O–H groups in total. The molecule has 3 rings (SSSR count). The summed E-state index contributed by atoms with van der Waals surface area (Å²) in [5.74, 6) is 1.79. The minimum atomic E-state index is 0.831. The molecule has 3 atom stereocenters. The average molecular weight is 215 g/mol. The molecule has 1 saturated carbocycles. The molecule has 0 spiro atoms. The maximum Gasteiger partial charge on any atom is 0.00675 e. The molecule has 1 aliphatic carbocycles. The number of likely N-dealkylation sites (tertiary alicyclic amines) is 1. The summed E-state index contributed by atoms with van der Waals surface area (Å²) < 4.78 is 0. The highest BCUT2D eigenvalue weighted by atomic mass is 15.2. The van der Waals surface area contributed by atoms with E-state index in [2.05, 4.69) is 42.2 Å². The van der Waals surface area contributed by atoms with E-state index in [0.717, 1.165) is 17.9 Å². The first-order chi connectivity index (χ1) is 7.84. The predicted molar refractivity (Wildman–Crippen MR) is 67.6 cm³/mol. The summed E-state index contributed by atoms with van der Waals surface area (Å²) in [5.41, 5.74) is 1.55. The molecule has 1 nitrogen and oxygen atoms in total. The Morgan fingerprint density at radius 1 is 1.25 bits per heavy atom. The van der Waals surface area contributed by atoms with Crippen molar-refractivity contribution in [2.24, 2.45) is 5.92 Å². The van der Waals surface area contributed by atoms with Crippen LogP contribution in [0.1, 0.15) is 37.7 Å². The molecule has 16 heavy (non-hydrogen) atoms. The van der Waals surface area contributed by atoms with Crippen molar-refractivity contribution in [2.45, 2.75) is 38.1 Å². The molecule has 2 fully saturated rings. The minimum absolute atomic E-state index is 0.831. The Hall–Kier alpha value is -0.820. The van der Waals surface area contributed by atoms with Crippen molar-refractivity contribution in [1.82, 2.24) is 4.90 Å². The lowest BCUT2D eigenvalue weighted by Gasteiger charge is -2.20. The Morgan fingerprint density at radius 3 is 2.75 bits per heavy atom. The second-order valence-electron chi connectivity index (χ2n) is 5.50. The van der Waals surface area contributed by atoms with E-state index in [-0.39, 0.29) is 0 Å². The summed E-state index contributed by atoms with van der Waals surface area (Å²) >= 11 is 0. The molecule has 1 aromatic rings. The fourth-order valence-electron chi connectivity index (χ4n) is 3.12. The van der Waals surface area contributed by atoms with Crippen molar-refractivity contribution < 1.29 is 0 Å². The largest absolute Gasteiger partial charge is 0.300 e. The standard InChI is InChI=1S/C15H21N/c1-12-6-5-9-16(12)11-14-10-15(14)13-7-3-2-4-8-13/h2-4,7-8,12,14-15H,5-6,9-11H2,1H3/t12-,14+,15+/m1/s1. The van der Waals surface area contributed by atoms with Crippen molar-refractivity contribution in [3.63, 3.8) is 0 Å². The Morgan fingerprint density at radius 2 is 2.06 bits per heavy atom. The summed E-state index contributed by atoms with van der Waals surface area (Å²) in [5, 5.41) is 0. The Bertz CT molecular complexity index is 346. The second-order valence-corrected chi connectivity index (χ2v) is 5.50. The van der Waals surface area contributed by atoms with Crippen molar-refractivity contribution in [2.75, 3.05) is 13.1 Å². The van der Waals surface area contributed by atoms with Crippen LogP contribution in [0.2, 0.25) is 0 Å². The minimum Gasteiger partial charge on any atom is -0.300 e. The molecule has 86 valence electrons. The second kappa shape index (κ2) is 4.21. The first-order valence-corrected chi connectivity index (χ1v) is 6.63. The van der Waals surface area contributed by atoms with Gasteiger partial charge in [0.2, 0.25) is 0 Å². The number of rotatable bonds is 3. The van der Waals surface area contributed by atoms with Gasteiger partial charge in [0, 0.05) is 12.6 Å². The summed E-state index contributed by atoms with van der Waals surface area (Å²) in [6, 6.07) is 11.9. The van der Waals surface area contributed by atoms with Gasteiger partial charge in [0.1, 0.15) is 0 Å². The van der Waals surface area contributed by atoms with Crippen molar-refractivity contribution in [1.29, 1.82) is 0 Å². The average Bonchev–Trinajstić information content (AvgIpc) is 2.97. The number of hydrogen-bond acceptors (Lipinski definition) is 1. The molecule has 2 aliphatic rings. The summed E-state index contributed by atoms with van der Waals surface area (Å²) in [6.45, 7) is 5.05. The first-order valence-electron chi connectivity index (χ1n) is 6.63. The molecule has 0 unspecified atom stereocenters.